The van der Waals surface area contributed by atoms with E-state index in [9.17, 15) is 4.79 Å². The van der Waals surface area contributed by atoms with Gasteiger partial charge in [-0.15, -0.1) is 0 Å². The van der Waals surface area contributed by atoms with E-state index < -0.39 is 0 Å². The van der Waals surface area contributed by atoms with Crippen molar-refractivity contribution in [2.45, 2.75) is 12.6 Å². The molecule has 5 nitrogen and oxygen atoms in total. The van der Waals surface area contributed by atoms with E-state index in [1.165, 1.54) is 0 Å². The molecule has 0 radical (unpaired) electrons. The van der Waals surface area contributed by atoms with Crippen LogP contribution in [0.4, 0.5) is 0 Å². The molecule has 0 N–H and O–H groups in total. The minimum Gasteiger partial charge on any atom is -0.467 e. The molecule has 0 saturated carbocycles. The SMILES string of the molecule is CN(Cc1ccco1)C(=O)CN(C)[C@@H](c1ccccc1)c1ccccn1. The Morgan fingerprint density at radius 3 is 2.46 bits per heavy atom. The van der Waals surface area contributed by atoms with Crippen molar-refractivity contribution in [2.24, 2.45) is 0 Å². The molecule has 0 fully saturated rings. The molecule has 5 heteroatoms. The predicted molar refractivity (Wildman–Crippen MR) is 100 cm³/mol. The third kappa shape index (κ3) is 4.37. The Bertz CT molecular complexity index is 764. The van der Waals surface area contributed by atoms with E-state index in [0.717, 1.165) is 17.0 Å². The van der Waals surface area contributed by atoms with Crippen molar-refractivity contribution in [1.82, 2.24) is 14.8 Å². The van der Waals surface area contributed by atoms with E-state index in [0.29, 0.717) is 6.54 Å². The second-order valence-electron chi connectivity index (χ2n) is 6.31. The highest BCUT2D eigenvalue weighted by molar-refractivity contribution is 5.78. The summed E-state index contributed by atoms with van der Waals surface area (Å²) in [7, 11) is 3.74. The summed E-state index contributed by atoms with van der Waals surface area (Å²) in [5, 5.41) is 0. The third-order valence-electron chi connectivity index (χ3n) is 4.31. The highest BCUT2D eigenvalue weighted by Crippen LogP contribution is 2.25. The number of aromatic nitrogens is 1. The predicted octanol–water partition coefficient (Wildman–Crippen LogP) is 3.35. The van der Waals surface area contributed by atoms with Crippen molar-refractivity contribution in [3.8, 4) is 0 Å². The molecule has 3 rings (SSSR count). The van der Waals surface area contributed by atoms with Crippen molar-refractivity contribution in [3.05, 3.63) is 90.1 Å². The molecule has 0 aliphatic rings. The molecule has 1 atom stereocenters. The number of nitrogens with zero attached hydrogens (tertiary/aromatic N) is 3. The summed E-state index contributed by atoms with van der Waals surface area (Å²) in [5.74, 6) is 0.800. The second-order valence-corrected chi connectivity index (χ2v) is 6.31. The Morgan fingerprint density at radius 1 is 1.04 bits per heavy atom. The lowest BCUT2D eigenvalue weighted by Gasteiger charge is -2.29. The average molecular weight is 349 g/mol. The van der Waals surface area contributed by atoms with Gasteiger partial charge in [-0.25, -0.2) is 0 Å². The summed E-state index contributed by atoms with van der Waals surface area (Å²) in [5.41, 5.74) is 2.03. The molecule has 0 unspecified atom stereocenters. The Balaban J connectivity index is 1.75. The molecule has 0 saturated heterocycles. The van der Waals surface area contributed by atoms with E-state index >= 15 is 0 Å². The lowest BCUT2D eigenvalue weighted by atomic mass is 10.0. The summed E-state index contributed by atoms with van der Waals surface area (Å²) in [6, 6.07) is 19.6. The van der Waals surface area contributed by atoms with Crippen LogP contribution in [0.2, 0.25) is 0 Å². The van der Waals surface area contributed by atoms with E-state index in [1.807, 2.05) is 60.5 Å². The van der Waals surface area contributed by atoms with Crippen LogP contribution in [0.5, 0.6) is 0 Å². The average Bonchev–Trinajstić information content (AvgIpc) is 3.16. The molecule has 2 heterocycles. The maximum absolute atomic E-state index is 12.7. The molecule has 3 aromatic rings. The number of carbonyl (C=O) groups excluding carboxylic acids is 1. The minimum absolute atomic E-state index is 0.0285. The minimum atomic E-state index is -0.0848. The van der Waals surface area contributed by atoms with E-state index in [2.05, 4.69) is 17.1 Å². The summed E-state index contributed by atoms with van der Waals surface area (Å²) < 4.78 is 5.33. The largest absolute Gasteiger partial charge is 0.467 e. The first-order valence-electron chi connectivity index (χ1n) is 8.57. The normalized spacial score (nSPS) is 12.1. The molecular weight excluding hydrogens is 326 g/mol. The van der Waals surface area contributed by atoms with Crippen LogP contribution in [0, 0.1) is 0 Å². The van der Waals surface area contributed by atoms with Crippen molar-refractivity contribution >= 4 is 5.91 Å². The highest BCUT2D eigenvalue weighted by Gasteiger charge is 2.23. The van der Waals surface area contributed by atoms with Gasteiger partial charge in [0, 0.05) is 13.2 Å². The van der Waals surface area contributed by atoms with Crippen LogP contribution < -0.4 is 0 Å². The summed E-state index contributed by atoms with van der Waals surface area (Å²) >= 11 is 0. The number of hydrogen-bond donors (Lipinski definition) is 0. The third-order valence-corrected chi connectivity index (χ3v) is 4.31. The van der Waals surface area contributed by atoms with Gasteiger partial charge in [-0.05, 0) is 36.9 Å². The highest BCUT2D eigenvalue weighted by atomic mass is 16.3. The number of carbonyl (C=O) groups is 1. The number of benzene rings is 1. The smallest absolute Gasteiger partial charge is 0.236 e. The Kier molecular flexibility index (Phi) is 5.81. The standard InChI is InChI=1S/C21H23N3O2/c1-23(15-18-11-8-14-26-18)20(25)16-24(2)21(17-9-4-3-5-10-17)19-12-6-7-13-22-19/h3-14,21H,15-16H2,1-2H3/t21-/m0/s1. The molecule has 0 bridgehead atoms. The monoisotopic (exact) mass is 349 g/mol. The van der Waals surface area contributed by atoms with Crippen LogP contribution in [-0.4, -0.2) is 41.3 Å². The van der Waals surface area contributed by atoms with Gasteiger partial charge >= 0.3 is 0 Å². The van der Waals surface area contributed by atoms with E-state index in [1.54, 1.807) is 24.4 Å². The number of hydrogen-bond acceptors (Lipinski definition) is 4. The molecule has 26 heavy (non-hydrogen) atoms. The Morgan fingerprint density at radius 2 is 1.81 bits per heavy atom. The van der Waals surface area contributed by atoms with Gasteiger partial charge in [0.1, 0.15) is 5.76 Å². The van der Waals surface area contributed by atoms with Crippen LogP contribution >= 0.6 is 0 Å². The lowest BCUT2D eigenvalue weighted by Crippen LogP contribution is -2.38. The van der Waals surface area contributed by atoms with Gasteiger partial charge in [-0.3, -0.25) is 14.7 Å². The summed E-state index contributed by atoms with van der Waals surface area (Å²) in [6.07, 6.45) is 3.40. The van der Waals surface area contributed by atoms with Gasteiger partial charge in [0.2, 0.25) is 5.91 Å². The summed E-state index contributed by atoms with van der Waals surface area (Å²) in [4.78, 5) is 20.9. The molecular formula is C21H23N3O2. The lowest BCUT2D eigenvalue weighted by molar-refractivity contribution is -0.131. The van der Waals surface area contributed by atoms with Crippen LogP contribution in [-0.2, 0) is 11.3 Å². The Labute approximate surface area is 153 Å². The number of rotatable bonds is 7. The number of amides is 1. The number of likely N-dealkylation sites (N-methyl/N-ethyl adjacent to an activating group) is 2. The van der Waals surface area contributed by atoms with E-state index in [4.69, 9.17) is 4.42 Å². The van der Waals surface area contributed by atoms with E-state index in [-0.39, 0.29) is 18.5 Å². The summed E-state index contributed by atoms with van der Waals surface area (Å²) in [6.45, 7) is 0.743. The second kappa shape index (κ2) is 8.45. The van der Waals surface area contributed by atoms with Gasteiger partial charge in [0.25, 0.3) is 0 Å². The van der Waals surface area contributed by atoms with Crippen molar-refractivity contribution < 1.29 is 9.21 Å². The first-order valence-corrected chi connectivity index (χ1v) is 8.57. The van der Waals surface area contributed by atoms with Crippen molar-refractivity contribution in [3.63, 3.8) is 0 Å². The zero-order chi connectivity index (χ0) is 18.4. The molecule has 0 spiro atoms. The molecule has 2 aromatic heterocycles. The number of furan rings is 1. The molecule has 1 amide bonds. The fourth-order valence-corrected chi connectivity index (χ4v) is 2.97. The van der Waals surface area contributed by atoms with Crippen molar-refractivity contribution in [1.29, 1.82) is 0 Å². The fourth-order valence-electron chi connectivity index (χ4n) is 2.97. The van der Waals surface area contributed by atoms with Gasteiger partial charge in [0.15, 0.2) is 0 Å². The first-order chi connectivity index (χ1) is 12.6. The first kappa shape index (κ1) is 17.9. The van der Waals surface area contributed by atoms with Gasteiger partial charge in [0.05, 0.1) is 31.1 Å². The zero-order valence-electron chi connectivity index (χ0n) is 15.1. The molecule has 0 aliphatic carbocycles. The quantitative estimate of drug-likeness (QED) is 0.656. The van der Waals surface area contributed by atoms with Crippen LogP contribution in [0.1, 0.15) is 23.1 Å². The fraction of sp³-hybridized carbons (Fsp3) is 0.238. The topological polar surface area (TPSA) is 49.6 Å². The van der Waals surface area contributed by atoms with Gasteiger partial charge < -0.3 is 9.32 Å². The van der Waals surface area contributed by atoms with Crippen LogP contribution in [0.3, 0.4) is 0 Å². The maximum Gasteiger partial charge on any atom is 0.236 e. The van der Waals surface area contributed by atoms with Crippen molar-refractivity contribution in [2.75, 3.05) is 20.6 Å². The van der Waals surface area contributed by atoms with Gasteiger partial charge in [-0.2, -0.15) is 0 Å². The van der Waals surface area contributed by atoms with Gasteiger partial charge in [-0.1, -0.05) is 36.4 Å². The zero-order valence-corrected chi connectivity index (χ0v) is 15.1. The van der Waals surface area contributed by atoms with Crippen LogP contribution in [0.25, 0.3) is 0 Å². The van der Waals surface area contributed by atoms with Crippen LogP contribution in [0.15, 0.2) is 77.5 Å². The Hall–Kier alpha value is -2.92. The maximum atomic E-state index is 12.7. The molecule has 1 aromatic carbocycles. The molecule has 0 aliphatic heterocycles. The molecule has 134 valence electrons. The number of pyridine rings is 1.